The second-order valence-electron chi connectivity index (χ2n) is 4.26. The first kappa shape index (κ1) is 14.8. The number of aromatic hydroxyl groups is 2. The molecule has 7 nitrogen and oxygen atoms in total. The van der Waals surface area contributed by atoms with Crippen LogP contribution in [0.1, 0.15) is 15.2 Å². The summed E-state index contributed by atoms with van der Waals surface area (Å²) in [7, 11) is 0. The number of carbonyl (C=O) groups is 2. The quantitative estimate of drug-likeness (QED) is 0.611. The van der Waals surface area contributed by atoms with Gasteiger partial charge >= 0.3 is 5.97 Å². The third kappa shape index (κ3) is 3.69. The highest BCUT2D eigenvalue weighted by atomic mass is 32.1. The maximum absolute atomic E-state index is 11.8. The van der Waals surface area contributed by atoms with Crippen molar-refractivity contribution in [3.05, 3.63) is 40.3 Å². The van der Waals surface area contributed by atoms with E-state index in [2.05, 4.69) is 10.3 Å². The summed E-state index contributed by atoms with van der Waals surface area (Å²) in [6.45, 7) is 0. The number of nitrogens with one attached hydrogen (secondary N) is 1. The molecule has 0 spiro atoms. The van der Waals surface area contributed by atoms with E-state index in [0.717, 1.165) is 11.3 Å². The van der Waals surface area contributed by atoms with Gasteiger partial charge in [0.2, 0.25) is 0 Å². The molecule has 0 aliphatic carbocycles. The number of aromatic nitrogens is 1. The summed E-state index contributed by atoms with van der Waals surface area (Å²) in [5, 5.41) is 30.2. The molecule has 2 aromatic rings. The Kier molecular flexibility index (Phi) is 4.39. The minimum Gasteiger partial charge on any atom is -0.504 e. The van der Waals surface area contributed by atoms with E-state index in [-0.39, 0.29) is 17.9 Å². The van der Waals surface area contributed by atoms with Crippen LogP contribution in [0.25, 0.3) is 0 Å². The van der Waals surface area contributed by atoms with Crippen LogP contribution in [0.2, 0.25) is 0 Å². The van der Waals surface area contributed by atoms with Crippen molar-refractivity contribution in [2.45, 2.75) is 12.5 Å². The highest BCUT2D eigenvalue weighted by molar-refractivity contribution is 7.11. The topological polar surface area (TPSA) is 120 Å². The lowest BCUT2D eigenvalue weighted by atomic mass is 10.1. The van der Waals surface area contributed by atoms with E-state index in [1.54, 1.807) is 0 Å². The molecule has 2 rings (SSSR count). The molecule has 0 aliphatic heterocycles. The molecule has 0 radical (unpaired) electrons. The van der Waals surface area contributed by atoms with E-state index in [0.29, 0.717) is 10.4 Å². The number of carbonyl (C=O) groups excluding carboxylic acids is 1. The van der Waals surface area contributed by atoms with Crippen LogP contribution in [0.3, 0.4) is 0 Å². The van der Waals surface area contributed by atoms with Crippen molar-refractivity contribution in [1.82, 2.24) is 10.3 Å². The van der Waals surface area contributed by atoms with Crippen molar-refractivity contribution in [2.24, 2.45) is 0 Å². The molecule has 0 aliphatic rings. The fraction of sp³-hybridized carbons (Fsp3) is 0.154. The Morgan fingerprint density at radius 2 is 2.05 bits per heavy atom. The van der Waals surface area contributed by atoms with E-state index < -0.39 is 17.9 Å². The SMILES string of the molecule is O=C(N[C@@H](Cc1ccc(O)c(O)c1)C(=O)O)c1cncs1. The maximum atomic E-state index is 11.8. The van der Waals surface area contributed by atoms with Gasteiger partial charge in [-0.1, -0.05) is 6.07 Å². The predicted molar refractivity (Wildman–Crippen MR) is 74.5 cm³/mol. The molecule has 0 unspecified atom stereocenters. The summed E-state index contributed by atoms with van der Waals surface area (Å²) in [6.07, 6.45) is 1.33. The molecule has 4 N–H and O–H groups in total. The van der Waals surface area contributed by atoms with Gasteiger partial charge < -0.3 is 20.6 Å². The molecule has 21 heavy (non-hydrogen) atoms. The number of rotatable bonds is 5. The molecule has 0 saturated heterocycles. The molecule has 8 heteroatoms. The largest absolute Gasteiger partial charge is 0.504 e. The summed E-state index contributed by atoms with van der Waals surface area (Å²) in [5.41, 5.74) is 1.95. The third-order valence-electron chi connectivity index (χ3n) is 2.74. The number of amides is 1. The van der Waals surface area contributed by atoms with Gasteiger partial charge in [-0.05, 0) is 17.7 Å². The molecule has 1 atom stereocenters. The number of nitrogens with zero attached hydrogens (tertiary/aromatic N) is 1. The van der Waals surface area contributed by atoms with Gasteiger partial charge in [0.05, 0.1) is 11.7 Å². The van der Waals surface area contributed by atoms with Crippen molar-refractivity contribution in [1.29, 1.82) is 0 Å². The molecule has 1 amide bonds. The number of carboxylic acids is 1. The van der Waals surface area contributed by atoms with Crippen LogP contribution in [0.5, 0.6) is 11.5 Å². The normalized spacial score (nSPS) is 11.8. The monoisotopic (exact) mass is 308 g/mol. The van der Waals surface area contributed by atoms with Gasteiger partial charge in [0, 0.05) is 6.42 Å². The molecule has 0 fully saturated rings. The Hall–Kier alpha value is -2.61. The summed E-state index contributed by atoms with van der Waals surface area (Å²) in [5.74, 6) is -2.35. The zero-order valence-corrected chi connectivity index (χ0v) is 11.5. The number of phenols is 2. The van der Waals surface area contributed by atoms with Crippen LogP contribution in [0.15, 0.2) is 29.9 Å². The van der Waals surface area contributed by atoms with Gasteiger partial charge in [0.25, 0.3) is 5.91 Å². The zero-order chi connectivity index (χ0) is 15.4. The highest BCUT2D eigenvalue weighted by Crippen LogP contribution is 2.25. The maximum Gasteiger partial charge on any atom is 0.326 e. The van der Waals surface area contributed by atoms with Gasteiger partial charge in [-0.2, -0.15) is 0 Å². The number of carboxylic acid groups (broad SMARTS) is 1. The number of hydrogen-bond acceptors (Lipinski definition) is 6. The van der Waals surface area contributed by atoms with Crippen molar-refractivity contribution in [2.75, 3.05) is 0 Å². The van der Waals surface area contributed by atoms with Gasteiger partial charge in [0.15, 0.2) is 11.5 Å². The van der Waals surface area contributed by atoms with E-state index in [1.165, 1.54) is 29.9 Å². The lowest BCUT2D eigenvalue weighted by Gasteiger charge is -2.14. The molecule has 0 saturated carbocycles. The summed E-state index contributed by atoms with van der Waals surface area (Å²) in [6, 6.07) is 2.84. The standard InChI is InChI=1S/C13H12N2O5S/c16-9-2-1-7(4-10(9)17)3-8(13(19)20)15-12(18)11-5-14-6-21-11/h1-2,4-6,8,16-17H,3H2,(H,15,18)(H,19,20)/t8-/m0/s1. The summed E-state index contributed by atoms with van der Waals surface area (Å²) in [4.78, 5) is 27.1. The van der Waals surface area contributed by atoms with Crippen molar-refractivity contribution in [3.8, 4) is 11.5 Å². The molecule has 1 heterocycles. The van der Waals surface area contributed by atoms with E-state index in [9.17, 15) is 19.8 Å². The molecule has 0 bridgehead atoms. The van der Waals surface area contributed by atoms with E-state index >= 15 is 0 Å². The Morgan fingerprint density at radius 1 is 1.29 bits per heavy atom. The smallest absolute Gasteiger partial charge is 0.326 e. The van der Waals surface area contributed by atoms with Crippen molar-refractivity contribution >= 4 is 23.2 Å². The number of hydrogen-bond donors (Lipinski definition) is 4. The van der Waals surface area contributed by atoms with E-state index in [4.69, 9.17) is 5.11 Å². The minimum atomic E-state index is -1.19. The Balaban J connectivity index is 2.10. The summed E-state index contributed by atoms with van der Waals surface area (Å²) >= 11 is 1.11. The van der Waals surface area contributed by atoms with Crippen molar-refractivity contribution < 1.29 is 24.9 Å². The molecular formula is C13H12N2O5S. The highest BCUT2D eigenvalue weighted by Gasteiger charge is 2.22. The van der Waals surface area contributed by atoms with Gasteiger partial charge in [-0.25, -0.2) is 4.79 Å². The van der Waals surface area contributed by atoms with Crippen LogP contribution in [0.4, 0.5) is 0 Å². The molecule has 1 aromatic carbocycles. The average molecular weight is 308 g/mol. The van der Waals surface area contributed by atoms with Crippen LogP contribution in [-0.4, -0.2) is 38.2 Å². The van der Waals surface area contributed by atoms with Crippen LogP contribution >= 0.6 is 11.3 Å². The fourth-order valence-corrected chi connectivity index (χ4v) is 2.21. The first-order valence-corrected chi connectivity index (χ1v) is 6.78. The van der Waals surface area contributed by atoms with E-state index in [1.807, 2.05) is 0 Å². The molecule has 110 valence electrons. The Bertz CT molecular complexity index is 657. The Morgan fingerprint density at radius 3 is 2.62 bits per heavy atom. The molecular weight excluding hydrogens is 296 g/mol. The molecule has 1 aromatic heterocycles. The number of thiazole rings is 1. The summed E-state index contributed by atoms with van der Waals surface area (Å²) < 4.78 is 0. The third-order valence-corrected chi connectivity index (χ3v) is 3.51. The number of benzene rings is 1. The van der Waals surface area contributed by atoms with Crippen LogP contribution in [0, 0.1) is 0 Å². The lowest BCUT2D eigenvalue weighted by molar-refractivity contribution is -0.139. The predicted octanol–water partition coefficient (Wildman–Crippen LogP) is 0.980. The first-order valence-electron chi connectivity index (χ1n) is 5.90. The number of phenolic OH excluding ortho intramolecular Hbond substituents is 2. The Labute approximate surface area is 123 Å². The zero-order valence-electron chi connectivity index (χ0n) is 10.7. The van der Waals surface area contributed by atoms with Crippen LogP contribution in [-0.2, 0) is 11.2 Å². The van der Waals surface area contributed by atoms with Gasteiger partial charge in [-0.15, -0.1) is 11.3 Å². The second-order valence-corrected chi connectivity index (χ2v) is 5.14. The fourth-order valence-electron chi connectivity index (χ4n) is 1.69. The van der Waals surface area contributed by atoms with Crippen LogP contribution < -0.4 is 5.32 Å². The minimum absolute atomic E-state index is 0.0201. The van der Waals surface area contributed by atoms with Gasteiger partial charge in [0.1, 0.15) is 10.9 Å². The van der Waals surface area contributed by atoms with Crippen molar-refractivity contribution in [3.63, 3.8) is 0 Å². The number of aliphatic carboxylic acids is 1. The van der Waals surface area contributed by atoms with Gasteiger partial charge in [-0.3, -0.25) is 9.78 Å². The first-order chi connectivity index (χ1) is 9.97. The lowest BCUT2D eigenvalue weighted by Crippen LogP contribution is -2.42. The second kappa shape index (κ2) is 6.23. The average Bonchev–Trinajstić information content (AvgIpc) is 2.96.